The zero-order chi connectivity index (χ0) is 13.6. The highest BCUT2D eigenvalue weighted by Gasteiger charge is 2.27. The molecule has 0 spiro atoms. The minimum Gasteiger partial charge on any atom is -0.397 e. The molecule has 2 heterocycles. The van der Waals surface area contributed by atoms with Crippen molar-refractivity contribution in [3.63, 3.8) is 0 Å². The molecule has 0 aliphatic carbocycles. The lowest BCUT2D eigenvalue weighted by Gasteiger charge is -2.05. The van der Waals surface area contributed by atoms with Crippen LogP contribution in [0, 0.1) is 6.92 Å². The summed E-state index contributed by atoms with van der Waals surface area (Å²) in [5.74, 6) is 0.402. The van der Waals surface area contributed by atoms with Gasteiger partial charge in [-0.1, -0.05) is 0 Å². The molecule has 0 radical (unpaired) electrons. The Bertz CT molecular complexity index is 714. The molecule has 0 bridgehead atoms. The van der Waals surface area contributed by atoms with Crippen molar-refractivity contribution in [2.45, 2.75) is 6.92 Å². The van der Waals surface area contributed by atoms with Gasteiger partial charge in [0.2, 0.25) is 0 Å². The first-order chi connectivity index (χ1) is 9.06. The standard InChI is InChI=1S/C13H13N5O/c1-6-5-16-10(17-6)4-7-11-9(18-13(7)19)3-2-8(14)12(11)15/h2-5H,14-15H2,1H3,(H,16,17)(H,18,19). The van der Waals surface area contributed by atoms with Gasteiger partial charge in [-0.05, 0) is 25.1 Å². The summed E-state index contributed by atoms with van der Waals surface area (Å²) in [6.07, 6.45) is 3.37. The molecular formula is C13H13N5O. The third-order valence-electron chi connectivity index (χ3n) is 3.04. The number of nitrogens with one attached hydrogen (secondary N) is 2. The van der Waals surface area contributed by atoms with Crippen molar-refractivity contribution in [1.82, 2.24) is 9.97 Å². The Labute approximate surface area is 109 Å². The van der Waals surface area contributed by atoms with Crippen LogP contribution >= 0.6 is 0 Å². The van der Waals surface area contributed by atoms with Crippen LogP contribution in [-0.2, 0) is 4.79 Å². The van der Waals surface area contributed by atoms with Gasteiger partial charge in [-0.3, -0.25) is 4.79 Å². The van der Waals surface area contributed by atoms with E-state index in [-0.39, 0.29) is 5.91 Å². The van der Waals surface area contributed by atoms with E-state index in [9.17, 15) is 4.79 Å². The van der Waals surface area contributed by atoms with Gasteiger partial charge in [0.25, 0.3) is 5.91 Å². The van der Waals surface area contributed by atoms with Crippen LogP contribution in [0.3, 0.4) is 0 Å². The van der Waals surface area contributed by atoms with Gasteiger partial charge in [-0.15, -0.1) is 0 Å². The van der Waals surface area contributed by atoms with Gasteiger partial charge in [-0.25, -0.2) is 4.98 Å². The number of nitrogens with zero attached hydrogens (tertiary/aromatic N) is 1. The van der Waals surface area contributed by atoms with Crippen LogP contribution in [0.15, 0.2) is 18.3 Å². The number of nitrogens with two attached hydrogens (primary N) is 2. The van der Waals surface area contributed by atoms with Crippen molar-refractivity contribution >= 4 is 34.6 Å². The summed E-state index contributed by atoms with van der Waals surface area (Å²) < 4.78 is 0. The average Bonchev–Trinajstić information content (AvgIpc) is 2.90. The zero-order valence-electron chi connectivity index (χ0n) is 10.3. The van der Waals surface area contributed by atoms with Crippen LogP contribution in [0.25, 0.3) is 11.6 Å². The number of aromatic amines is 1. The second-order valence-corrected chi connectivity index (χ2v) is 4.45. The van der Waals surface area contributed by atoms with E-state index in [0.29, 0.717) is 34.0 Å². The molecule has 0 saturated carbocycles. The molecular weight excluding hydrogens is 242 g/mol. The third kappa shape index (κ3) is 1.74. The molecule has 1 amide bonds. The van der Waals surface area contributed by atoms with Crippen molar-refractivity contribution in [2.24, 2.45) is 0 Å². The SMILES string of the molecule is Cc1cnc(C=C2C(=O)Nc3ccc(N)c(N)c32)[nH]1. The van der Waals surface area contributed by atoms with Crippen LogP contribution in [0.4, 0.5) is 17.1 Å². The number of aromatic nitrogens is 2. The van der Waals surface area contributed by atoms with E-state index in [0.717, 1.165) is 5.69 Å². The second-order valence-electron chi connectivity index (χ2n) is 4.45. The van der Waals surface area contributed by atoms with E-state index in [2.05, 4.69) is 15.3 Å². The maximum atomic E-state index is 12.0. The molecule has 6 heteroatoms. The number of amides is 1. The number of anilines is 3. The van der Waals surface area contributed by atoms with Crippen LogP contribution in [0.5, 0.6) is 0 Å². The number of H-pyrrole nitrogens is 1. The highest BCUT2D eigenvalue weighted by molar-refractivity contribution is 6.36. The number of aryl methyl sites for hydroxylation is 1. The topological polar surface area (TPSA) is 110 Å². The highest BCUT2D eigenvalue weighted by atomic mass is 16.2. The molecule has 2 aromatic rings. The molecule has 0 atom stereocenters. The predicted octanol–water partition coefficient (Wildman–Crippen LogP) is 1.38. The minimum absolute atomic E-state index is 0.207. The van der Waals surface area contributed by atoms with Gasteiger partial charge in [0.1, 0.15) is 5.82 Å². The van der Waals surface area contributed by atoms with Gasteiger partial charge in [0.05, 0.1) is 22.6 Å². The van der Waals surface area contributed by atoms with Gasteiger partial charge >= 0.3 is 0 Å². The summed E-state index contributed by atoms with van der Waals surface area (Å²) in [5, 5.41) is 2.76. The quantitative estimate of drug-likeness (QED) is 0.455. The molecule has 6 nitrogen and oxygen atoms in total. The van der Waals surface area contributed by atoms with Gasteiger partial charge in [0, 0.05) is 17.5 Å². The molecule has 19 heavy (non-hydrogen) atoms. The fourth-order valence-electron chi connectivity index (χ4n) is 2.11. The molecule has 96 valence electrons. The number of hydrogen-bond donors (Lipinski definition) is 4. The number of benzene rings is 1. The largest absolute Gasteiger partial charge is 0.397 e. The first kappa shape index (κ1) is 11.3. The Morgan fingerprint density at radius 1 is 1.32 bits per heavy atom. The third-order valence-corrected chi connectivity index (χ3v) is 3.04. The molecule has 0 unspecified atom stereocenters. The summed E-state index contributed by atoms with van der Waals surface area (Å²) in [6, 6.07) is 3.42. The Morgan fingerprint density at radius 3 is 2.79 bits per heavy atom. The molecule has 0 fully saturated rings. The van der Waals surface area contributed by atoms with E-state index in [1.54, 1.807) is 24.4 Å². The van der Waals surface area contributed by atoms with Crippen LogP contribution in [0.2, 0.25) is 0 Å². The highest BCUT2D eigenvalue weighted by Crippen LogP contribution is 2.39. The lowest BCUT2D eigenvalue weighted by atomic mass is 10.0. The zero-order valence-corrected chi connectivity index (χ0v) is 10.3. The van der Waals surface area contributed by atoms with Crippen molar-refractivity contribution in [1.29, 1.82) is 0 Å². The van der Waals surface area contributed by atoms with Crippen LogP contribution in [0.1, 0.15) is 17.1 Å². The molecule has 6 N–H and O–H groups in total. The maximum absolute atomic E-state index is 12.0. The molecule has 1 aromatic heterocycles. The monoisotopic (exact) mass is 255 g/mol. The molecule has 1 aliphatic heterocycles. The number of carbonyl (C=O) groups is 1. The van der Waals surface area contributed by atoms with Crippen LogP contribution < -0.4 is 16.8 Å². The first-order valence-electron chi connectivity index (χ1n) is 5.79. The number of carbonyl (C=O) groups excluding carboxylic acids is 1. The van der Waals surface area contributed by atoms with Crippen molar-refractivity contribution in [3.8, 4) is 0 Å². The fourth-order valence-corrected chi connectivity index (χ4v) is 2.11. The summed E-state index contributed by atoms with van der Waals surface area (Å²) in [5.41, 5.74) is 15.3. The smallest absolute Gasteiger partial charge is 0.256 e. The number of fused-ring (bicyclic) bond motifs is 1. The molecule has 0 saturated heterocycles. The normalized spacial score (nSPS) is 15.6. The Hall–Kier alpha value is -2.76. The average molecular weight is 255 g/mol. The lowest BCUT2D eigenvalue weighted by molar-refractivity contribution is -0.110. The molecule has 1 aromatic carbocycles. The van der Waals surface area contributed by atoms with E-state index >= 15 is 0 Å². The summed E-state index contributed by atoms with van der Waals surface area (Å²) >= 11 is 0. The Balaban J connectivity index is 2.17. The predicted molar refractivity (Wildman–Crippen MR) is 75.1 cm³/mol. The number of imidazole rings is 1. The number of nitrogen functional groups attached to an aromatic ring is 2. The number of hydrogen-bond acceptors (Lipinski definition) is 4. The minimum atomic E-state index is -0.207. The Kier molecular flexibility index (Phi) is 2.31. The van der Waals surface area contributed by atoms with Crippen molar-refractivity contribution < 1.29 is 4.79 Å². The molecule has 1 aliphatic rings. The lowest BCUT2D eigenvalue weighted by Crippen LogP contribution is -2.03. The van der Waals surface area contributed by atoms with E-state index in [1.165, 1.54) is 0 Å². The summed E-state index contributed by atoms with van der Waals surface area (Å²) in [6.45, 7) is 1.89. The first-order valence-corrected chi connectivity index (χ1v) is 5.79. The van der Waals surface area contributed by atoms with E-state index in [4.69, 9.17) is 11.5 Å². The number of rotatable bonds is 1. The summed E-state index contributed by atoms with van der Waals surface area (Å²) in [4.78, 5) is 19.2. The van der Waals surface area contributed by atoms with Gasteiger partial charge in [-0.2, -0.15) is 0 Å². The summed E-state index contributed by atoms with van der Waals surface area (Å²) in [7, 11) is 0. The fraction of sp³-hybridized carbons (Fsp3) is 0.0769. The van der Waals surface area contributed by atoms with E-state index < -0.39 is 0 Å². The van der Waals surface area contributed by atoms with E-state index in [1.807, 2.05) is 6.92 Å². The van der Waals surface area contributed by atoms with Gasteiger partial charge < -0.3 is 21.8 Å². The Morgan fingerprint density at radius 2 is 2.11 bits per heavy atom. The van der Waals surface area contributed by atoms with Gasteiger partial charge in [0.15, 0.2) is 0 Å². The van der Waals surface area contributed by atoms with Crippen LogP contribution in [-0.4, -0.2) is 15.9 Å². The second kappa shape index (κ2) is 3.88. The molecule has 3 rings (SSSR count). The van der Waals surface area contributed by atoms with Crippen molar-refractivity contribution in [3.05, 3.63) is 35.4 Å². The van der Waals surface area contributed by atoms with Crippen molar-refractivity contribution in [2.75, 3.05) is 16.8 Å². The maximum Gasteiger partial charge on any atom is 0.256 e.